The van der Waals surface area contributed by atoms with Gasteiger partial charge in [0.15, 0.2) is 0 Å². The number of aromatic nitrogens is 2. The van der Waals surface area contributed by atoms with Gasteiger partial charge in [0.2, 0.25) is 0 Å². The first-order valence-corrected chi connectivity index (χ1v) is 6.82. The topological polar surface area (TPSA) is 29.9 Å². The first kappa shape index (κ1) is 13.8. The van der Waals surface area contributed by atoms with E-state index in [-0.39, 0.29) is 0 Å². The second kappa shape index (κ2) is 6.02. The Morgan fingerprint density at radius 2 is 2.11 bits per heavy atom. The molecule has 2 aromatic rings. The Bertz CT molecular complexity index is 543. The van der Waals surface area contributed by atoms with Crippen LogP contribution in [0, 0.1) is 13.8 Å². The van der Waals surface area contributed by atoms with E-state index in [1.54, 1.807) is 0 Å². The van der Waals surface area contributed by atoms with Crippen LogP contribution in [-0.4, -0.2) is 16.8 Å². The van der Waals surface area contributed by atoms with Gasteiger partial charge in [-0.25, -0.2) is 0 Å². The lowest BCUT2D eigenvalue weighted by Gasteiger charge is -2.19. The second-order valence-electron chi connectivity index (χ2n) is 5.26. The van der Waals surface area contributed by atoms with Crippen molar-refractivity contribution in [1.29, 1.82) is 0 Å². The summed E-state index contributed by atoms with van der Waals surface area (Å²) >= 11 is 0. The normalized spacial score (nSPS) is 12.6. The van der Waals surface area contributed by atoms with Gasteiger partial charge >= 0.3 is 0 Å². The van der Waals surface area contributed by atoms with Crippen LogP contribution < -0.4 is 5.32 Å². The predicted octanol–water partition coefficient (Wildman–Crippen LogP) is 2.93. The Kier molecular flexibility index (Phi) is 4.38. The average molecular weight is 257 g/mol. The third-order valence-electron chi connectivity index (χ3n) is 3.63. The number of nitrogens with one attached hydrogen (secondary N) is 1. The fourth-order valence-corrected chi connectivity index (χ4v) is 2.58. The molecule has 3 nitrogen and oxygen atoms in total. The minimum absolute atomic E-state index is 0.404. The summed E-state index contributed by atoms with van der Waals surface area (Å²) in [5.74, 6) is 0. The van der Waals surface area contributed by atoms with Gasteiger partial charge < -0.3 is 5.32 Å². The van der Waals surface area contributed by atoms with E-state index >= 15 is 0 Å². The van der Waals surface area contributed by atoms with Gasteiger partial charge in [0.1, 0.15) is 0 Å². The van der Waals surface area contributed by atoms with E-state index in [2.05, 4.69) is 48.7 Å². The summed E-state index contributed by atoms with van der Waals surface area (Å²) in [5, 5.41) is 7.65. The molecule has 1 aromatic carbocycles. The summed E-state index contributed by atoms with van der Waals surface area (Å²) in [6, 6.07) is 7.09. The molecule has 1 atom stereocenters. The molecule has 3 heteroatoms. The number of aryl methyl sites for hydroxylation is 4. The van der Waals surface area contributed by atoms with E-state index in [0.29, 0.717) is 6.04 Å². The molecule has 0 radical (unpaired) electrons. The zero-order valence-corrected chi connectivity index (χ0v) is 12.3. The van der Waals surface area contributed by atoms with Gasteiger partial charge in [-0.2, -0.15) is 5.10 Å². The lowest BCUT2D eigenvalue weighted by molar-refractivity contribution is 0.546. The van der Waals surface area contributed by atoms with Gasteiger partial charge in [0.25, 0.3) is 0 Å². The molecular formula is C16H23N3. The Hall–Kier alpha value is -1.61. The third-order valence-corrected chi connectivity index (χ3v) is 3.63. The summed E-state index contributed by atoms with van der Waals surface area (Å²) in [6.45, 7) is 4.33. The summed E-state index contributed by atoms with van der Waals surface area (Å²) in [4.78, 5) is 0. The maximum atomic E-state index is 4.22. The Balaban J connectivity index is 2.07. The Morgan fingerprint density at radius 1 is 1.32 bits per heavy atom. The number of benzene rings is 1. The van der Waals surface area contributed by atoms with Crippen molar-refractivity contribution in [3.63, 3.8) is 0 Å². The monoisotopic (exact) mass is 257 g/mol. The van der Waals surface area contributed by atoms with Crippen LogP contribution in [0.15, 0.2) is 30.6 Å². The molecule has 0 fully saturated rings. The van der Waals surface area contributed by atoms with Gasteiger partial charge in [-0.3, -0.25) is 4.68 Å². The van der Waals surface area contributed by atoms with E-state index in [0.717, 1.165) is 12.8 Å². The highest BCUT2D eigenvalue weighted by atomic mass is 15.2. The van der Waals surface area contributed by atoms with Crippen molar-refractivity contribution in [2.75, 3.05) is 7.05 Å². The molecule has 1 N–H and O–H groups in total. The lowest BCUT2D eigenvalue weighted by Crippen LogP contribution is -2.18. The van der Waals surface area contributed by atoms with Crippen molar-refractivity contribution in [3.05, 3.63) is 52.8 Å². The summed E-state index contributed by atoms with van der Waals surface area (Å²) < 4.78 is 1.86. The maximum Gasteiger partial charge on any atom is 0.0521 e. The SMILES string of the molecule is CNC(CCc1cnn(C)c1)c1ccc(C)cc1C. The number of nitrogens with zero attached hydrogens (tertiary/aromatic N) is 2. The molecule has 2 rings (SSSR count). The summed E-state index contributed by atoms with van der Waals surface area (Å²) in [7, 11) is 4.00. The van der Waals surface area contributed by atoms with Crippen LogP contribution in [-0.2, 0) is 13.5 Å². The quantitative estimate of drug-likeness (QED) is 0.892. The standard InChI is InChI=1S/C16H23N3/c1-12-5-7-15(13(2)9-12)16(17-3)8-6-14-10-18-19(4)11-14/h5,7,9-11,16-17H,6,8H2,1-4H3. The van der Waals surface area contributed by atoms with Crippen molar-refractivity contribution < 1.29 is 0 Å². The fourth-order valence-electron chi connectivity index (χ4n) is 2.58. The van der Waals surface area contributed by atoms with Gasteiger partial charge in [0, 0.05) is 19.3 Å². The van der Waals surface area contributed by atoms with E-state index < -0.39 is 0 Å². The molecule has 0 saturated carbocycles. The second-order valence-corrected chi connectivity index (χ2v) is 5.26. The highest BCUT2D eigenvalue weighted by Gasteiger charge is 2.12. The molecule has 0 aliphatic rings. The third kappa shape index (κ3) is 3.44. The van der Waals surface area contributed by atoms with E-state index in [4.69, 9.17) is 0 Å². The van der Waals surface area contributed by atoms with Crippen LogP contribution in [0.4, 0.5) is 0 Å². The average Bonchev–Trinajstić information content (AvgIpc) is 2.78. The van der Waals surface area contributed by atoms with Gasteiger partial charge in [0.05, 0.1) is 6.20 Å². The van der Waals surface area contributed by atoms with E-state index in [9.17, 15) is 0 Å². The number of hydrogen-bond acceptors (Lipinski definition) is 2. The highest BCUT2D eigenvalue weighted by molar-refractivity contribution is 5.32. The largest absolute Gasteiger partial charge is 0.313 e. The molecule has 102 valence electrons. The molecule has 0 spiro atoms. The van der Waals surface area contributed by atoms with Crippen molar-refractivity contribution in [1.82, 2.24) is 15.1 Å². The van der Waals surface area contributed by atoms with Crippen LogP contribution in [0.25, 0.3) is 0 Å². The van der Waals surface area contributed by atoms with Crippen LogP contribution in [0.3, 0.4) is 0 Å². The van der Waals surface area contributed by atoms with Crippen molar-refractivity contribution in [2.24, 2.45) is 7.05 Å². The highest BCUT2D eigenvalue weighted by Crippen LogP contribution is 2.23. The molecule has 19 heavy (non-hydrogen) atoms. The van der Waals surface area contributed by atoms with E-state index in [1.807, 2.05) is 25.0 Å². The molecule has 0 aliphatic heterocycles. The van der Waals surface area contributed by atoms with E-state index in [1.165, 1.54) is 22.3 Å². The first-order valence-electron chi connectivity index (χ1n) is 6.82. The molecule has 1 heterocycles. The summed E-state index contributed by atoms with van der Waals surface area (Å²) in [5.41, 5.74) is 5.39. The van der Waals surface area contributed by atoms with Crippen molar-refractivity contribution in [2.45, 2.75) is 32.7 Å². The zero-order valence-electron chi connectivity index (χ0n) is 12.3. The minimum Gasteiger partial charge on any atom is -0.313 e. The van der Waals surface area contributed by atoms with Gasteiger partial charge in [-0.15, -0.1) is 0 Å². The molecule has 0 saturated heterocycles. The van der Waals surface area contributed by atoms with Crippen LogP contribution in [0.5, 0.6) is 0 Å². The van der Waals surface area contributed by atoms with Crippen LogP contribution >= 0.6 is 0 Å². The first-order chi connectivity index (χ1) is 9.10. The lowest BCUT2D eigenvalue weighted by atomic mass is 9.95. The van der Waals surface area contributed by atoms with Crippen molar-refractivity contribution in [3.8, 4) is 0 Å². The Labute approximate surface area is 115 Å². The maximum absolute atomic E-state index is 4.22. The molecule has 0 bridgehead atoms. The molecule has 0 aliphatic carbocycles. The van der Waals surface area contributed by atoms with Crippen LogP contribution in [0.2, 0.25) is 0 Å². The smallest absolute Gasteiger partial charge is 0.0521 e. The number of hydrogen-bond donors (Lipinski definition) is 1. The molecular weight excluding hydrogens is 234 g/mol. The van der Waals surface area contributed by atoms with Gasteiger partial charge in [-0.1, -0.05) is 23.8 Å². The number of rotatable bonds is 5. The Morgan fingerprint density at radius 3 is 2.68 bits per heavy atom. The predicted molar refractivity (Wildman–Crippen MR) is 79.2 cm³/mol. The molecule has 1 aromatic heterocycles. The molecule has 0 amide bonds. The zero-order chi connectivity index (χ0) is 13.8. The van der Waals surface area contributed by atoms with Gasteiger partial charge in [-0.05, 0) is 50.4 Å². The summed E-state index contributed by atoms with van der Waals surface area (Å²) in [6.07, 6.45) is 6.18. The molecule has 1 unspecified atom stereocenters. The minimum atomic E-state index is 0.404. The fraction of sp³-hybridized carbons (Fsp3) is 0.438. The van der Waals surface area contributed by atoms with Crippen LogP contribution in [0.1, 0.15) is 34.7 Å². The van der Waals surface area contributed by atoms with Crippen molar-refractivity contribution >= 4 is 0 Å².